The lowest BCUT2D eigenvalue weighted by Gasteiger charge is -2.42. The fourth-order valence-electron chi connectivity index (χ4n) is 7.00. The largest absolute Gasteiger partial charge is 0.376 e. The van der Waals surface area contributed by atoms with Crippen LogP contribution in [0.15, 0.2) is 71.9 Å². The molecule has 0 spiro atoms. The van der Waals surface area contributed by atoms with Crippen molar-refractivity contribution in [2.24, 2.45) is 5.92 Å². The van der Waals surface area contributed by atoms with Crippen molar-refractivity contribution in [1.82, 2.24) is 24.5 Å². The van der Waals surface area contributed by atoms with Crippen LogP contribution in [-0.4, -0.2) is 39.2 Å². The topological polar surface area (TPSA) is 112 Å². The van der Waals surface area contributed by atoms with E-state index in [1.165, 1.54) is 47.8 Å². The third-order valence-corrected chi connectivity index (χ3v) is 14.8. The van der Waals surface area contributed by atoms with Crippen molar-refractivity contribution in [2.75, 3.05) is 12.3 Å². The highest BCUT2D eigenvalue weighted by Crippen LogP contribution is 2.55. The molecule has 202 valence electrons. The maximum atomic E-state index is 12.5. The Morgan fingerprint density at radius 3 is 2.67 bits per heavy atom. The lowest BCUT2D eigenvalue weighted by molar-refractivity contribution is 0.0974. The lowest BCUT2D eigenvalue weighted by atomic mass is 10.0. The molecule has 0 bridgehead atoms. The van der Waals surface area contributed by atoms with Gasteiger partial charge in [0.05, 0.1) is 25.6 Å². The molecule has 0 amide bonds. The molecule has 0 radical (unpaired) electrons. The van der Waals surface area contributed by atoms with Crippen molar-refractivity contribution >= 4 is 30.5 Å². The Balaban J connectivity index is 1.38. The molecular weight excluding hydrogens is 504 g/mol. The van der Waals surface area contributed by atoms with E-state index in [2.05, 4.69) is 64.9 Å². The number of pyridine rings is 1. The van der Waals surface area contributed by atoms with Gasteiger partial charge in [0.25, 0.3) is 5.56 Å². The molecule has 6 rings (SSSR count). The maximum absolute atomic E-state index is 12.5. The minimum Gasteiger partial charge on any atom is -0.376 e. The summed E-state index contributed by atoms with van der Waals surface area (Å²) in [6.07, 6.45) is 8.37. The fraction of sp³-hybridized carbons (Fsp3) is 0.400. The number of benzene rings is 1. The number of aromatic amines is 1. The molecule has 2 fully saturated rings. The number of aryl methyl sites for hydroxylation is 1. The van der Waals surface area contributed by atoms with E-state index in [9.17, 15) is 4.79 Å². The van der Waals surface area contributed by atoms with Crippen LogP contribution in [0, 0.1) is 12.8 Å². The third kappa shape index (κ3) is 4.74. The third-order valence-electron chi connectivity index (χ3n) is 8.97. The van der Waals surface area contributed by atoms with Gasteiger partial charge in [-0.2, -0.15) is 4.98 Å². The smallest absolute Gasteiger partial charge is 0.280 e. The summed E-state index contributed by atoms with van der Waals surface area (Å²) in [6.45, 7) is 7.94. The van der Waals surface area contributed by atoms with Crippen LogP contribution in [0.5, 0.6) is 0 Å². The van der Waals surface area contributed by atoms with Gasteiger partial charge in [-0.25, -0.2) is 4.98 Å². The molecule has 3 atom stereocenters. The van der Waals surface area contributed by atoms with Crippen LogP contribution in [0.1, 0.15) is 42.9 Å². The van der Waals surface area contributed by atoms with E-state index in [0.29, 0.717) is 29.9 Å². The number of fused-ring (bicyclic) bond motifs is 1. The highest BCUT2D eigenvalue weighted by molar-refractivity contribution is 6.92. The van der Waals surface area contributed by atoms with E-state index in [4.69, 9.17) is 15.5 Å². The monoisotopic (exact) mass is 540 g/mol. The Morgan fingerprint density at radius 2 is 1.92 bits per heavy atom. The van der Waals surface area contributed by atoms with Gasteiger partial charge in [0.15, 0.2) is 11.2 Å². The molecule has 0 unspecified atom stereocenters. The average Bonchev–Trinajstić information content (AvgIpc) is 3.52. The Labute approximate surface area is 229 Å². The van der Waals surface area contributed by atoms with Crippen LogP contribution < -0.4 is 16.6 Å². The summed E-state index contributed by atoms with van der Waals surface area (Å²) in [7, 11) is -2.01. The first-order chi connectivity index (χ1) is 19.0. The summed E-state index contributed by atoms with van der Waals surface area (Å²) in [5.74, 6) is 0.281. The zero-order valence-corrected chi connectivity index (χ0v) is 23.5. The van der Waals surface area contributed by atoms with E-state index in [-0.39, 0.29) is 23.5 Å². The second-order valence-corrected chi connectivity index (χ2v) is 15.8. The number of imidazole rings is 1. The molecule has 4 heterocycles. The highest BCUT2D eigenvalue weighted by atomic mass is 28.3. The molecular formula is C30H36N6O2Si. The Hall–Kier alpha value is -3.56. The van der Waals surface area contributed by atoms with Crippen molar-refractivity contribution in [3.63, 3.8) is 0 Å². The first kappa shape index (κ1) is 25.7. The number of rotatable bonds is 7. The minimum absolute atomic E-state index is 0.0308. The zero-order chi connectivity index (χ0) is 27.0. The number of ether oxygens (including phenoxy) is 1. The minimum atomic E-state index is -2.01. The van der Waals surface area contributed by atoms with E-state index in [0.717, 1.165) is 12.0 Å². The van der Waals surface area contributed by atoms with Crippen LogP contribution in [-0.2, 0) is 11.3 Å². The second kappa shape index (κ2) is 10.5. The summed E-state index contributed by atoms with van der Waals surface area (Å²) in [4.78, 5) is 28.9. The molecule has 3 aromatic heterocycles. The number of H-pyrrole nitrogens is 1. The fourth-order valence-corrected chi connectivity index (χ4v) is 13.2. The maximum Gasteiger partial charge on any atom is 0.280 e. The summed E-state index contributed by atoms with van der Waals surface area (Å²) in [6, 6.07) is 17.4. The van der Waals surface area contributed by atoms with E-state index < -0.39 is 8.07 Å². The van der Waals surface area contributed by atoms with Crippen LogP contribution in [0.2, 0.25) is 17.6 Å². The van der Waals surface area contributed by atoms with Crippen molar-refractivity contribution in [3.05, 3.63) is 88.6 Å². The highest BCUT2D eigenvalue weighted by Gasteiger charge is 2.53. The number of hydrogen-bond acceptors (Lipinski definition) is 6. The quantitative estimate of drug-likeness (QED) is 0.261. The number of nitrogen functional groups attached to an aromatic ring is 1. The average molecular weight is 541 g/mol. The molecule has 1 aromatic carbocycles. The van der Waals surface area contributed by atoms with E-state index in [1.54, 1.807) is 6.33 Å². The number of nitrogens with zero attached hydrogens (tertiary/aromatic N) is 4. The van der Waals surface area contributed by atoms with Crippen molar-refractivity contribution in [3.8, 4) is 0 Å². The van der Waals surface area contributed by atoms with E-state index >= 15 is 0 Å². The molecule has 9 heteroatoms. The number of hydrogen-bond donors (Lipinski definition) is 2. The number of anilines is 1. The number of nitrogens with one attached hydrogen (secondary N) is 1. The Morgan fingerprint density at radius 1 is 1.13 bits per heavy atom. The zero-order valence-electron chi connectivity index (χ0n) is 22.5. The number of nitrogens with two attached hydrogens (primary N) is 1. The van der Waals surface area contributed by atoms with Gasteiger partial charge in [0, 0.05) is 17.4 Å². The van der Waals surface area contributed by atoms with E-state index in [1.807, 2.05) is 16.8 Å². The van der Waals surface area contributed by atoms with Gasteiger partial charge in [-0.1, -0.05) is 73.8 Å². The van der Waals surface area contributed by atoms with Crippen molar-refractivity contribution in [1.29, 1.82) is 0 Å². The molecule has 1 aliphatic heterocycles. The Bertz CT molecular complexity index is 1520. The van der Waals surface area contributed by atoms with Gasteiger partial charge in [-0.3, -0.25) is 14.8 Å². The lowest BCUT2D eigenvalue weighted by Crippen LogP contribution is -2.55. The molecule has 2 aliphatic rings. The molecule has 1 saturated heterocycles. The van der Waals surface area contributed by atoms with Gasteiger partial charge in [0.2, 0.25) is 5.95 Å². The van der Waals surface area contributed by atoms with Crippen LogP contribution in [0.3, 0.4) is 0 Å². The van der Waals surface area contributed by atoms with Gasteiger partial charge in [-0.05, 0) is 42.2 Å². The predicted octanol–water partition coefficient (Wildman–Crippen LogP) is 4.65. The first-order valence-electron chi connectivity index (χ1n) is 13.9. The van der Waals surface area contributed by atoms with Gasteiger partial charge in [0.1, 0.15) is 8.07 Å². The van der Waals surface area contributed by atoms with Crippen molar-refractivity contribution < 1.29 is 4.74 Å². The molecule has 3 N–H and O–H groups in total. The molecule has 4 aromatic rings. The normalized spacial score (nSPS) is 22.9. The first-order valence-corrected chi connectivity index (χ1v) is 16.4. The molecule has 1 aliphatic carbocycles. The summed E-state index contributed by atoms with van der Waals surface area (Å²) >= 11 is 0. The molecule has 1 saturated carbocycles. The van der Waals surface area contributed by atoms with Crippen LogP contribution >= 0.6 is 0 Å². The molecule has 39 heavy (non-hydrogen) atoms. The molecule has 8 nitrogen and oxygen atoms in total. The summed E-state index contributed by atoms with van der Waals surface area (Å²) in [5.41, 5.74) is 10.4. The van der Waals surface area contributed by atoms with Gasteiger partial charge in [-0.15, -0.1) is 0 Å². The van der Waals surface area contributed by atoms with Crippen LogP contribution in [0.25, 0.3) is 11.2 Å². The second-order valence-electron chi connectivity index (χ2n) is 11.2. The predicted molar refractivity (Wildman–Crippen MR) is 157 cm³/mol. The van der Waals surface area contributed by atoms with Crippen molar-refractivity contribution in [2.45, 2.75) is 62.9 Å². The summed E-state index contributed by atoms with van der Waals surface area (Å²) < 4.78 is 8.45. The summed E-state index contributed by atoms with van der Waals surface area (Å²) in [5, 5.41) is 1.31. The van der Waals surface area contributed by atoms with Gasteiger partial charge < -0.3 is 15.0 Å². The van der Waals surface area contributed by atoms with Crippen LogP contribution in [0.4, 0.5) is 5.95 Å². The Kier molecular flexibility index (Phi) is 6.95. The SMILES string of the molecule is C=C1[C@H](COCc2ccc(C)cc2)[C@@H]([Si]2(c3ccccn3)CCCCC2)C[C@@H]1n1cnc2c(=O)[nH]c(N)nc21. The standard InChI is InChI=1S/C30H36N6O2Si/c1-20-9-11-22(12-10-20)17-38-18-23-21(2)24(36-19-33-27-28(36)34-30(31)35-29(27)37)16-25(23)39(14-6-3-7-15-39)26-8-4-5-13-32-26/h4-5,8-13,19,23-25H,2-3,6-7,14-18H2,1H3,(H3,31,34,35,37)/t23-,24-,25-/m0/s1. The van der Waals surface area contributed by atoms with Gasteiger partial charge >= 0.3 is 0 Å². The number of aromatic nitrogens is 5.